The number of nitrogens with one attached hydrogen (secondary N) is 2. The van der Waals surface area contributed by atoms with Gasteiger partial charge in [-0.25, -0.2) is 0 Å². The minimum absolute atomic E-state index is 0. The van der Waals surface area contributed by atoms with E-state index in [4.69, 9.17) is 4.52 Å². The lowest BCUT2D eigenvalue weighted by molar-refractivity contribution is 0.332. The summed E-state index contributed by atoms with van der Waals surface area (Å²) in [5, 5.41) is 10.7. The molecule has 0 saturated heterocycles. The smallest absolute Gasteiger partial charge is 0.191 e. The molecule has 24 heavy (non-hydrogen) atoms. The fraction of sp³-hybridized carbons (Fsp3) is 0.778. The van der Waals surface area contributed by atoms with Crippen LogP contribution >= 0.6 is 24.0 Å². The van der Waals surface area contributed by atoms with Gasteiger partial charge in [0.05, 0.1) is 12.2 Å². The average Bonchev–Trinajstić information content (AvgIpc) is 3.04. The molecule has 2 N–H and O–H groups in total. The van der Waals surface area contributed by atoms with Crippen molar-refractivity contribution in [1.29, 1.82) is 0 Å². The van der Waals surface area contributed by atoms with Crippen molar-refractivity contribution >= 4 is 29.9 Å². The first kappa shape index (κ1) is 21.3. The van der Waals surface area contributed by atoms with E-state index in [0.717, 1.165) is 29.9 Å². The van der Waals surface area contributed by atoms with Crippen LogP contribution in [0, 0.1) is 5.92 Å². The van der Waals surface area contributed by atoms with Crippen molar-refractivity contribution in [1.82, 2.24) is 15.8 Å². The number of hydrogen-bond acceptors (Lipinski definition) is 3. The average molecular weight is 448 g/mol. The normalized spacial score (nSPS) is 16.1. The van der Waals surface area contributed by atoms with Gasteiger partial charge in [0, 0.05) is 19.7 Å². The summed E-state index contributed by atoms with van der Waals surface area (Å²) in [4.78, 5) is 4.26. The maximum absolute atomic E-state index is 5.33. The van der Waals surface area contributed by atoms with Crippen LogP contribution in [0.5, 0.6) is 0 Å². The number of aromatic nitrogens is 1. The molecule has 1 aliphatic carbocycles. The molecule has 1 heterocycles. The minimum atomic E-state index is 0. The number of nitrogens with zero attached hydrogens (tertiary/aromatic N) is 2. The molecule has 0 spiro atoms. The molecule has 0 unspecified atom stereocenters. The van der Waals surface area contributed by atoms with Gasteiger partial charge in [0.25, 0.3) is 0 Å². The van der Waals surface area contributed by atoms with E-state index in [-0.39, 0.29) is 24.0 Å². The second-order valence-electron chi connectivity index (χ2n) is 6.87. The molecule has 0 radical (unpaired) electrons. The zero-order valence-corrected chi connectivity index (χ0v) is 17.6. The van der Waals surface area contributed by atoms with Crippen molar-refractivity contribution in [3.05, 3.63) is 17.5 Å². The first-order valence-electron chi connectivity index (χ1n) is 9.09. The van der Waals surface area contributed by atoms with Gasteiger partial charge in [-0.1, -0.05) is 51.1 Å². The highest BCUT2D eigenvalue weighted by Crippen LogP contribution is 2.26. The Labute approximate surface area is 163 Å². The number of halogens is 1. The molecule has 0 aromatic carbocycles. The van der Waals surface area contributed by atoms with Crippen LogP contribution in [-0.4, -0.2) is 24.7 Å². The van der Waals surface area contributed by atoms with Crippen LogP contribution in [0.15, 0.2) is 15.6 Å². The van der Waals surface area contributed by atoms with E-state index in [1.807, 2.05) is 6.07 Å². The van der Waals surface area contributed by atoms with Crippen molar-refractivity contribution in [2.24, 2.45) is 10.9 Å². The Balaban J connectivity index is 0.00000288. The van der Waals surface area contributed by atoms with E-state index >= 15 is 0 Å². The van der Waals surface area contributed by atoms with Crippen molar-refractivity contribution < 1.29 is 4.52 Å². The standard InChI is InChI=1S/C18H32N4O.HI/c1-14(2)17-12-16(23-22-17)13-21-18(19-3)20-11-7-10-15-8-5-4-6-9-15;/h12,14-15H,4-11,13H2,1-3H3,(H2,19,20,21);1H. The first-order chi connectivity index (χ1) is 11.2. The van der Waals surface area contributed by atoms with E-state index in [2.05, 4.69) is 34.6 Å². The predicted molar refractivity (Wildman–Crippen MR) is 110 cm³/mol. The van der Waals surface area contributed by atoms with Gasteiger partial charge in [-0.15, -0.1) is 24.0 Å². The fourth-order valence-electron chi connectivity index (χ4n) is 3.15. The lowest BCUT2D eigenvalue weighted by Crippen LogP contribution is -2.37. The molecule has 0 aliphatic heterocycles. The SMILES string of the molecule is CN=C(NCCCC1CCCCC1)NCc1cc(C(C)C)no1.I. The van der Waals surface area contributed by atoms with Gasteiger partial charge in [-0.3, -0.25) is 4.99 Å². The maximum Gasteiger partial charge on any atom is 0.191 e. The van der Waals surface area contributed by atoms with Crippen molar-refractivity contribution in [2.45, 2.75) is 71.3 Å². The summed E-state index contributed by atoms with van der Waals surface area (Å²) in [5.74, 6) is 3.02. The Morgan fingerprint density at radius 2 is 2.04 bits per heavy atom. The zero-order chi connectivity index (χ0) is 16.5. The molecule has 1 aliphatic rings. The van der Waals surface area contributed by atoms with Crippen molar-refractivity contribution in [2.75, 3.05) is 13.6 Å². The van der Waals surface area contributed by atoms with E-state index in [9.17, 15) is 0 Å². The molecule has 1 aromatic heterocycles. The molecule has 2 rings (SSSR count). The third-order valence-corrected chi connectivity index (χ3v) is 4.63. The van der Waals surface area contributed by atoms with Crippen LogP contribution < -0.4 is 10.6 Å². The lowest BCUT2D eigenvalue weighted by atomic mass is 9.86. The number of guanidine groups is 1. The van der Waals surface area contributed by atoms with E-state index < -0.39 is 0 Å². The van der Waals surface area contributed by atoms with Gasteiger partial charge in [0.15, 0.2) is 11.7 Å². The molecule has 1 aromatic rings. The highest BCUT2D eigenvalue weighted by atomic mass is 127. The Morgan fingerprint density at radius 3 is 2.67 bits per heavy atom. The highest BCUT2D eigenvalue weighted by molar-refractivity contribution is 14.0. The van der Waals surface area contributed by atoms with Crippen molar-refractivity contribution in [3.63, 3.8) is 0 Å². The summed E-state index contributed by atoms with van der Waals surface area (Å²) in [5.41, 5.74) is 0.997. The quantitative estimate of drug-likeness (QED) is 0.280. The molecule has 0 bridgehead atoms. The van der Waals surface area contributed by atoms with Gasteiger partial charge in [0.1, 0.15) is 0 Å². The molecule has 5 nitrogen and oxygen atoms in total. The van der Waals surface area contributed by atoms with Gasteiger partial charge in [-0.05, 0) is 24.7 Å². The summed E-state index contributed by atoms with van der Waals surface area (Å²) in [6.45, 7) is 5.82. The summed E-state index contributed by atoms with van der Waals surface area (Å²) in [7, 11) is 1.80. The summed E-state index contributed by atoms with van der Waals surface area (Å²) in [6, 6.07) is 2.01. The van der Waals surface area contributed by atoms with Gasteiger partial charge >= 0.3 is 0 Å². The fourth-order valence-corrected chi connectivity index (χ4v) is 3.15. The Hall–Kier alpha value is -0.790. The molecular formula is C18H33IN4O. The first-order valence-corrected chi connectivity index (χ1v) is 9.09. The van der Waals surface area contributed by atoms with Gasteiger partial charge in [-0.2, -0.15) is 0 Å². The molecule has 138 valence electrons. The maximum atomic E-state index is 5.33. The minimum Gasteiger partial charge on any atom is -0.359 e. The summed E-state index contributed by atoms with van der Waals surface area (Å²) >= 11 is 0. The van der Waals surface area contributed by atoms with Gasteiger partial charge < -0.3 is 15.2 Å². The zero-order valence-electron chi connectivity index (χ0n) is 15.3. The van der Waals surface area contributed by atoms with Crippen LogP contribution in [0.25, 0.3) is 0 Å². The molecule has 0 amide bonds. The predicted octanol–water partition coefficient (Wildman–Crippen LogP) is 4.44. The lowest BCUT2D eigenvalue weighted by Gasteiger charge is -2.21. The van der Waals surface area contributed by atoms with Gasteiger partial charge in [0.2, 0.25) is 0 Å². The topological polar surface area (TPSA) is 62.5 Å². The molecular weight excluding hydrogens is 415 g/mol. The second kappa shape index (κ2) is 11.7. The van der Waals surface area contributed by atoms with E-state index in [1.54, 1.807) is 7.05 Å². The summed E-state index contributed by atoms with van der Waals surface area (Å²) in [6.07, 6.45) is 9.70. The van der Waals surface area contributed by atoms with Crippen LogP contribution in [0.4, 0.5) is 0 Å². The molecule has 0 atom stereocenters. The Kier molecular flexibility index (Phi) is 10.4. The molecule has 6 heteroatoms. The van der Waals surface area contributed by atoms with Crippen LogP contribution in [0.1, 0.15) is 76.2 Å². The molecule has 1 saturated carbocycles. The number of aliphatic imine (C=N–C) groups is 1. The van der Waals surface area contributed by atoms with Crippen LogP contribution in [0.2, 0.25) is 0 Å². The molecule has 1 fully saturated rings. The monoisotopic (exact) mass is 448 g/mol. The van der Waals surface area contributed by atoms with Crippen LogP contribution in [-0.2, 0) is 6.54 Å². The Bertz CT molecular complexity index is 481. The van der Waals surface area contributed by atoms with Crippen LogP contribution in [0.3, 0.4) is 0 Å². The third kappa shape index (κ3) is 7.40. The number of rotatable bonds is 7. The largest absolute Gasteiger partial charge is 0.359 e. The van der Waals surface area contributed by atoms with E-state index in [0.29, 0.717) is 12.5 Å². The third-order valence-electron chi connectivity index (χ3n) is 4.63. The Morgan fingerprint density at radius 1 is 1.29 bits per heavy atom. The second-order valence-corrected chi connectivity index (χ2v) is 6.87. The summed E-state index contributed by atoms with van der Waals surface area (Å²) < 4.78 is 5.33. The number of hydrogen-bond donors (Lipinski definition) is 2. The highest BCUT2D eigenvalue weighted by Gasteiger charge is 2.12. The van der Waals surface area contributed by atoms with Crippen molar-refractivity contribution in [3.8, 4) is 0 Å². The van der Waals surface area contributed by atoms with E-state index in [1.165, 1.54) is 44.9 Å².